The number of ether oxygens (including phenoxy) is 1. The van der Waals surface area contributed by atoms with E-state index >= 15 is 0 Å². The molecule has 0 bridgehead atoms. The average molecular weight is 421 g/mol. The molecule has 5 heteroatoms. The van der Waals surface area contributed by atoms with Crippen LogP contribution in [0.4, 0.5) is 0 Å². The summed E-state index contributed by atoms with van der Waals surface area (Å²) in [6.45, 7) is 9.20. The Hall–Kier alpha value is -3.08. The summed E-state index contributed by atoms with van der Waals surface area (Å²) in [5.74, 6) is 1.87. The first kappa shape index (κ1) is 22.6. The van der Waals surface area contributed by atoms with Crippen molar-refractivity contribution in [1.29, 1.82) is 0 Å². The molecule has 1 aromatic heterocycles. The van der Waals surface area contributed by atoms with Gasteiger partial charge in [-0.05, 0) is 44.7 Å². The lowest BCUT2D eigenvalue weighted by atomic mass is 9.98. The zero-order valence-corrected chi connectivity index (χ0v) is 18.9. The van der Waals surface area contributed by atoms with Crippen molar-refractivity contribution in [3.63, 3.8) is 0 Å². The summed E-state index contributed by atoms with van der Waals surface area (Å²) >= 11 is 0. The number of aromatic hydroxyl groups is 1. The Morgan fingerprint density at radius 2 is 1.84 bits per heavy atom. The van der Waals surface area contributed by atoms with Gasteiger partial charge in [-0.3, -0.25) is 4.79 Å². The van der Waals surface area contributed by atoms with Gasteiger partial charge in [0.05, 0.1) is 17.9 Å². The second kappa shape index (κ2) is 10.3. The maximum atomic E-state index is 12.3. The van der Waals surface area contributed by atoms with Crippen LogP contribution in [0.25, 0.3) is 11.4 Å². The summed E-state index contributed by atoms with van der Waals surface area (Å²) in [5, 5.41) is 10.4. The number of carbonyl (C=O) groups excluding carboxylic acids is 1. The molecule has 0 fully saturated rings. The van der Waals surface area contributed by atoms with Crippen molar-refractivity contribution in [3.05, 3.63) is 65.5 Å². The number of hydrogen-bond donors (Lipinski definition) is 1. The predicted molar refractivity (Wildman–Crippen MR) is 124 cm³/mol. The standard InChI is InChI=1S/C26H32N2O3/c1-18(2)16-23(29)22-12-13-24(20(4)25(22)30)31-15-9-8-14-28-17-19(3)27-26(28)21-10-6-5-7-11-21/h5-7,10-13,17-18,30H,8-9,14-16H2,1-4H3. The zero-order chi connectivity index (χ0) is 22.4. The molecule has 2 aromatic carbocycles. The smallest absolute Gasteiger partial charge is 0.166 e. The Labute approximate surface area is 184 Å². The molecule has 0 atom stereocenters. The Bertz CT molecular complexity index is 1020. The third-order valence-corrected chi connectivity index (χ3v) is 5.26. The number of hydrogen-bond acceptors (Lipinski definition) is 4. The molecule has 0 saturated heterocycles. The number of phenols is 1. The second-order valence-electron chi connectivity index (χ2n) is 8.43. The molecule has 3 rings (SSSR count). The molecule has 0 amide bonds. The lowest BCUT2D eigenvalue weighted by Crippen LogP contribution is -2.06. The van der Waals surface area contributed by atoms with Gasteiger partial charge in [0.2, 0.25) is 0 Å². The van der Waals surface area contributed by atoms with Gasteiger partial charge in [0.25, 0.3) is 0 Å². The second-order valence-corrected chi connectivity index (χ2v) is 8.43. The lowest BCUT2D eigenvalue weighted by molar-refractivity contribution is 0.0965. The summed E-state index contributed by atoms with van der Waals surface area (Å²) in [5.41, 5.74) is 3.12. The molecule has 0 aliphatic rings. The first-order valence-corrected chi connectivity index (χ1v) is 10.9. The molecule has 0 radical (unpaired) electrons. The molecule has 0 aliphatic carbocycles. The van der Waals surface area contributed by atoms with Crippen LogP contribution in [-0.4, -0.2) is 27.0 Å². The highest BCUT2D eigenvalue weighted by atomic mass is 16.5. The molecule has 0 saturated carbocycles. The van der Waals surface area contributed by atoms with E-state index in [1.54, 1.807) is 19.1 Å². The van der Waals surface area contributed by atoms with Crippen molar-refractivity contribution in [2.24, 2.45) is 5.92 Å². The van der Waals surface area contributed by atoms with Crippen LogP contribution in [-0.2, 0) is 6.54 Å². The fraction of sp³-hybridized carbons (Fsp3) is 0.385. The van der Waals surface area contributed by atoms with Gasteiger partial charge >= 0.3 is 0 Å². The van der Waals surface area contributed by atoms with Crippen LogP contribution < -0.4 is 4.74 Å². The molecule has 5 nitrogen and oxygen atoms in total. The van der Waals surface area contributed by atoms with Crippen LogP contribution >= 0.6 is 0 Å². The molecule has 0 aliphatic heterocycles. The van der Waals surface area contributed by atoms with Crippen molar-refractivity contribution in [1.82, 2.24) is 9.55 Å². The van der Waals surface area contributed by atoms with Gasteiger partial charge in [-0.1, -0.05) is 44.2 Å². The molecule has 3 aromatic rings. The SMILES string of the molecule is Cc1cn(CCCCOc2ccc(C(=O)CC(C)C)c(O)c2C)c(-c2ccccc2)n1. The summed E-state index contributed by atoms with van der Waals surface area (Å²) in [7, 11) is 0. The van der Waals surface area contributed by atoms with Crippen LogP contribution in [0.5, 0.6) is 11.5 Å². The number of aromatic nitrogens is 2. The number of unbranched alkanes of at least 4 members (excludes halogenated alkanes) is 1. The molecule has 1 heterocycles. The van der Waals surface area contributed by atoms with Gasteiger partial charge in [0.15, 0.2) is 5.78 Å². The quantitative estimate of drug-likeness (QED) is 0.325. The van der Waals surface area contributed by atoms with Crippen molar-refractivity contribution in [2.45, 2.75) is 53.5 Å². The maximum Gasteiger partial charge on any atom is 0.166 e. The molecule has 31 heavy (non-hydrogen) atoms. The number of carbonyl (C=O) groups is 1. The molecule has 0 unspecified atom stereocenters. The van der Waals surface area contributed by atoms with Crippen molar-refractivity contribution >= 4 is 5.78 Å². The fourth-order valence-corrected chi connectivity index (χ4v) is 3.64. The normalized spacial score (nSPS) is 11.1. The lowest BCUT2D eigenvalue weighted by Gasteiger charge is -2.14. The number of phenolic OH excluding ortho intramolecular Hbond substituents is 1. The number of nitrogens with zero attached hydrogens (tertiary/aromatic N) is 2. The summed E-state index contributed by atoms with van der Waals surface area (Å²) < 4.78 is 8.09. The van der Waals surface area contributed by atoms with Gasteiger partial charge in [0.1, 0.15) is 17.3 Å². The fourth-order valence-electron chi connectivity index (χ4n) is 3.64. The first-order valence-electron chi connectivity index (χ1n) is 10.9. The number of aryl methyl sites for hydroxylation is 2. The number of Topliss-reactive ketones (excluding diaryl/α,β-unsaturated/α-hetero) is 1. The minimum atomic E-state index is -0.0352. The van der Waals surface area contributed by atoms with Crippen LogP contribution in [0.2, 0.25) is 0 Å². The topological polar surface area (TPSA) is 64.3 Å². The molecular weight excluding hydrogens is 388 g/mol. The molecule has 164 valence electrons. The summed E-state index contributed by atoms with van der Waals surface area (Å²) in [4.78, 5) is 17.0. The minimum absolute atomic E-state index is 0.0320. The van der Waals surface area contributed by atoms with E-state index in [1.165, 1.54) is 0 Å². The number of rotatable bonds is 10. The molecule has 1 N–H and O–H groups in total. The highest BCUT2D eigenvalue weighted by Crippen LogP contribution is 2.32. The maximum absolute atomic E-state index is 12.3. The number of ketones is 1. The Morgan fingerprint density at radius 3 is 2.55 bits per heavy atom. The van der Waals surface area contributed by atoms with E-state index in [2.05, 4.69) is 27.9 Å². The largest absolute Gasteiger partial charge is 0.507 e. The van der Waals surface area contributed by atoms with Crippen LogP contribution in [0.1, 0.15) is 54.7 Å². The number of imidazole rings is 1. The number of benzene rings is 2. The summed E-state index contributed by atoms with van der Waals surface area (Å²) in [6, 6.07) is 13.7. The average Bonchev–Trinajstić information content (AvgIpc) is 3.11. The van der Waals surface area contributed by atoms with Gasteiger partial charge < -0.3 is 14.4 Å². The third-order valence-electron chi connectivity index (χ3n) is 5.26. The zero-order valence-electron chi connectivity index (χ0n) is 18.9. The van der Waals surface area contributed by atoms with Crippen molar-refractivity contribution < 1.29 is 14.6 Å². The van der Waals surface area contributed by atoms with E-state index in [1.807, 2.05) is 39.0 Å². The van der Waals surface area contributed by atoms with Crippen molar-refractivity contribution in [3.8, 4) is 22.9 Å². The van der Waals surface area contributed by atoms with Gasteiger partial charge in [-0.15, -0.1) is 0 Å². The van der Waals surface area contributed by atoms with E-state index in [9.17, 15) is 9.90 Å². The van der Waals surface area contributed by atoms with Crippen LogP contribution in [0.3, 0.4) is 0 Å². The van der Waals surface area contributed by atoms with E-state index in [0.717, 1.165) is 36.5 Å². The van der Waals surface area contributed by atoms with E-state index < -0.39 is 0 Å². The van der Waals surface area contributed by atoms with Gasteiger partial charge in [-0.25, -0.2) is 4.98 Å². The van der Waals surface area contributed by atoms with Crippen molar-refractivity contribution in [2.75, 3.05) is 6.61 Å². The van der Waals surface area contributed by atoms with Gasteiger partial charge in [-0.2, -0.15) is 0 Å². The minimum Gasteiger partial charge on any atom is -0.507 e. The van der Waals surface area contributed by atoms with E-state index in [4.69, 9.17) is 4.74 Å². The van der Waals surface area contributed by atoms with E-state index in [-0.39, 0.29) is 17.5 Å². The van der Waals surface area contributed by atoms with Gasteiger partial charge in [0, 0.05) is 30.3 Å². The van der Waals surface area contributed by atoms with Crippen LogP contribution in [0.15, 0.2) is 48.7 Å². The monoisotopic (exact) mass is 420 g/mol. The van der Waals surface area contributed by atoms with Crippen LogP contribution in [0, 0.1) is 19.8 Å². The Morgan fingerprint density at radius 1 is 1.10 bits per heavy atom. The molecular formula is C26H32N2O3. The molecule has 0 spiro atoms. The third kappa shape index (κ3) is 5.75. The highest BCUT2D eigenvalue weighted by molar-refractivity contribution is 5.99. The highest BCUT2D eigenvalue weighted by Gasteiger charge is 2.17. The predicted octanol–water partition coefficient (Wildman–Crippen LogP) is 5.96. The Kier molecular flexibility index (Phi) is 7.50. The summed E-state index contributed by atoms with van der Waals surface area (Å²) in [6.07, 6.45) is 4.33. The van der Waals surface area contributed by atoms with E-state index in [0.29, 0.717) is 29.9 Å². The first-order chi connectivity index (χ1) is 14.9. The Balaban J connectivity index is 1.54.